The van der Waals surface area contributed by atoms with Crippen molar-refractivity contribution in [2.24, 2.45) is 0 Å². The number of tetrazole rings is 1. The van der Waals surface area contributed by atoms with Crippen molar-refractivity contribution in [1.82, 2.24) is 25.5 Å². The van der Waals surface area contributed by atoms with E-state index in [2.05, 4.69) is 20.7 Å². The Bertz CT molecular complexity index is 1020. The van der Waals surface area contributed by atoms with Crippen molar-refractivity contribution in [3.8, 4) is 0 Å². The molecule has 0 saturated carbocycles. The molecule has 0 saturated heterocycles. The molecule has 1 aromatic heterocycles. The van der Waals surface area contributed by atoms with Crippen LogP contribution in [0.3, 0.4) is 0 Å². The third-order valence-electron chi connectivity index (χ3n) is 4.27. The number of benzene rings is 2. The van der Waals surface area contributed by atoms with E-state index in [1.165, 1.54) is 0 Å². The van der Waals surface area contributed by atoms with E-state index < -0.39 is 30.3 Å². The minimum atomic E-state index is -1.29. The molecule has 0 aliphatic carbocycles. The van der Waals surface area contributed by atoms with Gasteiger partial charge in [0.1, 0.15) is 19.2 Å². The zero-order valence-electron chi connectivity index (χ0n) is 16.5. The maximum Gasteiger partial charge on any atom is 0.408 e. The first-order valence-corrected chi connectivity index (χ1v) is 9.52. The van der Waals surface area contributed by atoms with Gasteiger partial charge in [-0.05, 0) is 16.3 Å². The number of carbonyl (C=O) groups is 3. The molecule has 10 heteroatoms. The molecule has 0 aliphatic rings. The number of carbonyl (C=O) groups excluding carboxylic acids is 2. The quantitative estimate of drug-likeness (QED) is 0.502. The monoisotopic (exact) mass is 423 g/mol. The second-order valence-electron chi connectivity index (χ2n) is 6.72. The van der Waals surface area contributed by atoms with Crippen LogP contribution >= 0.6 is 0 Å². The van der Waals surface area contributed by atoms with E-state index in [1.54, 1.807) is 24.3 Å². The van der Waals surface area contributed by atoms with Gasteiger partial charge in [0, 0.05) is 6.42 Å². The molecule has 0 spiro atoms. The second-order valence-corrected chi connectivity index (χ2v) is 6.72. The number of ether oxygens (including phenoxy) is 1. The number of nitrogens with one attached hydrogen (secondary N) is 1. The lowest BCUT2D eigenvalue weighted by molar-refractivity contribution is -0.139. The molecule has 2 aromatic carbocycles. The van der Waals surface area contributed by atoms with Gasteiger partial charge < -0.3 is 15.2 Å². The Hall–Kier alpha value is -4.08. The number of amides is 1. The van der Waals surface area contributed by atoms with E-state index >= 15 is 0 Å². The second kappa shape index (κ2) is 10.6. The molecule has 1 amide bonds. The van der Waals surface area contributed by atoms with Crippen molar-refractivity contribution in [2.45, 2.75) is 32.0 Å². The molecule has 3 rings (SSSR count). The molecule has 0 aliphatic heterocycles. The summed E-state index contributed by atoms with van der Waals surface area (Å²) in [6.07, 6.45) is -1.04. The van der Waals surface area contributed by atoms with Gasteiger partial charge in [0.05, 0.1) is 6.42 Å². The summed E-state index contributed by atoms with van der Waals surface area (Å²) in [5, 5.41) is 23.3. The van der Waals surface area contributed by atoms with Crippen molar-refractivity contribution in [1.29, 1.82) is 0 Å². The normalized spacial score (nSPS) is 11.5. The van der Waals surface area contributed by atoms with Crippen LogP contribution in [0.5, 0.6) is 0 Å². The smallest absolute Gasteiger partial charge is 0.408 e. The van der Waals surface area contributed by atoms with Crippen LogP contribution in [0.4, 0.5) is 4.79 Å². The van der Waals surface area contributed by atoms with Crippen LogP contribution in [-0.4, -0.2) is 49.2 Å². The van der Waals surface area contributed by atoms with Crippen LogP contribution in [0.15, 0.2) is 60.7 Å². The SMILES string of the molecule is O=C(O)CC(NC(=O)OCc1ccccc1)C(=O)Cn1nnc(Cc2ccccc2)n1. The lowest BCUT2D eigenvalue weighted by Crippen LogP contribution is -2.44. The van der Waals surface area contributed by atoms with E-state index in [4.69, 9.17) is 9.84 Å². The molecular formula is C21H21N5O5. The number of carboxylic acid groups (broad SMARTS) is 1. The number of hydrogen-bond donors (Lipinski definition) is 2. The average Bonchev–Trinajstić information content (AvgIpc) is 3.19. The van der Waals surface area contributed by atoms with Gasteiger partial charge in [0.2, 0.25) is 0 Å². The van der Waals surface area contributed by atoms with E-state index in [9.17, 15) is 14.4 Å². The number of nitrogens with zero attached hydrogens (tertiary/aromatic N) is 4. The van der Waals surface area contributed by atoms with Gasteiger partial charge >= 0.3 is 12.1 Å². The highest BCUT2D eigenvalue weighted by Crippen LogP contribution is 2.05. The number of rotatable bonds is 10. The van der Waals surface area contributed by atoms with Crippen molar-refractivity contribution < 1.29 is 24.2 Å². The maximum absolute atomic E-state index is 12.6. The molecule has 31 heavy (non-hydrogen) atoms. The standard InChI is InChI=1S/C21H21N5O5/c27-18(13-26-24-19(23-25-26)11-15-7-3-1-4-8-15)17(12-20(28)29)22-21(30)31-14-16-9-5-2-6-10-16/h1-10,17H,11-14H2,(H,22,30)(H,28,29). The van der Waals surface area contributed by atoms with Crippen molar-refractivity contribution >= 4 is 17.8 Å². The fourth-order valence-corrected chi connectivity index (χ4v) is 2.77. The fourth-order valence-electron chi connectivity index (χ4n) is 2.77. The summed E-state index contributed by atoms with van der Waals surface area (Å²) in [4.78, 5) is 36.8. The van der Waals surface area contributed by atoms with Gasteiger partial charge in [-0.1, -0.05) is 60.7 Å². The minimum Gasteiger partial charge on any atom is -0.481 e. The Labute approximate surface area is 177 Å². The summed E-state index contributed by atoms with van der Waals surface area (Å²) in [6.45, 7) is -0.340. The lowest BCUT2D eigenvalue weighted by atomic mass is 10.1. The summed E-state index contributed by atoms with van der Waals surface area (Å²) in [5.41, 5.74) is 1.75. The summed E-state index contributed by atoms with van der Waals surface area (Å²) in [5.74, 6) is -1.40. The van der Waals surface area contributed by atoms with Gasteiger partial charge in [0.15, 0.2) is 11.6 Å². The zero-order valence-corrected chi connectivity index (χ0v) is 16.5. The van der Waals surface area contributed by atoms with Gasteiger partial charge in [0.25, 0.3) is 0 Å². The Kier molecular flexibility index (Phi) is 7.41. The highest BCUT2D eigenvalue weighted by molar-refractivity contribution is 5.90. The van der Waals surface area contributed by atoms with Crippen LogP contribution in [0, 0.1) is 0 Å². The zero-order chi connectivity index (χ0) is 22.1. The Morgan fingerprint density at radius 3 is 2.29 bits per heavy atom. The number of carboxylic acids is 1. The van der Waals surface area contributed by atoms with Crippen molar-refractivity contribution in [2.75, 3.05) is 0 Å². The fraction of sp³-hybridized carbons (Fsp3) is 0.238. The lowest BCUT2D eigenvalue weighted by Gasteiger charge is -2.15. The Morgan fingerprint density at radius 1 is 1.00 bits per heavy atom. The van der Waals surface area contributed by atoms with E-state index in [0.29, 0.717) is 12.2 Å². The number of aromatic nitrogens is 4. The molecule has 1 atom stereocenters. The Balaban J connectivity index is 1.56. The first-order valence-electron chi connectivity index (χ1n) is 9.52. The maximum atomic E-state index is 12.6. The number of ketones is 1. The predicted octanol–water partition coefficient (Wildman–Crippen LogP) is 1.60. The molecule has 0 radical (unpaired) electrons. The predicted molar refractivity (Wildman–Crippen MR) is 108 cm³/mol. The number of aliphatic carboxylic acids is 1. The summed E-state index contributed by atoms with van der Waals surface area (Å²) in [6, 6.07) is 17.2. The molecular weight excluding hydrogens is 402 g/mol. The molecule has 0 bridgehead atoms. The molecule has 160 valence electrons. The number of hydrogen-bond acceptors (Lipinski definition) is 7. The van der Waals surface area contributed by atoms with Crippen molar-refractivity contribution in [3.05, 3.63) is 77.6 Å². The van der Waals surface area contributed by atoms with Gasteiger partial charge in [-0.2, -0.15) is 4.80 Å². The van der Waals surface area contributed by atoms with Crippen LogP contribution in [-0.2, 0) is 33.9 Å². The highest BCUT2D eigenvalue weighted by Gasteiger charge is 2.25. The van der Waals surface area contributed by atoms with Gasteiger partial charge in [-0.15, -0.1) is 10.2 Å². The molecule has 3 aromatic rings. The number of alkyl carbamates (subject to hydrolysis) is 1. The van der Waals surface area contributed by atoms with Crippen LogP contribution in [0.1, 0.15) is 23.4 Å². The summed E-state index contributed by atoms with van der Waals surface area (Å²) < 4.78 is 5.07. The third kappa shape index (κ3) is 7.03. The number of Topliss-reactive ketones (excluding diaryl/α,β-unsaturated/α-hetero) is 1. The van der Waals surface area contributed by atoms with Gasteiger partial charge in [-0.3, -0.25) is 9.59 Å². The molecule has 10 nitrogen and oxygen atoms in total. The highest BCUT2D eigenvalue weighted by atomic mass is 16.5. The third-order valence-corrected chi connectivity index (χ3v) is 4.27. The first kappa shape index (κ1) is 21.6. The van der Waals surface area contributed by atoms with Crippen molar-refractivity contribution in [3.63, 3.8) is 0 Å². The van der Waals surface area contributed by atoms with E-state index in [-0.39, 0.29) is 13.2 Å². The van der Waals surface area contributed by atoms with Crippen LogP contribution in [0.2, 0.25) is 0 Å². The first-order chi connectivity index (χ1) is 15.0. The Morgan fingerprint density at radius 2 is 1.65 bits per heavy atom. The average molecular weight is 423 g/mol. The van der Waals surface area contributed by atoms with Crippen LogP contribution in [0.25, 0.3) is 0 Å². The molecule has 1 unspecified atom stereocenters. The molecule has 0 fully saturated rings. The summed E-state index contributed by atoms with van der Waals surface area (Å²) in [7, 11) is 0. The van der Waals surface area contributed by atoms with E-state index in [1.807, 2.05) is 36.4 Å². The van der Waals surface area contributed by atoms with Gasteiger partial charge in [-0.25, -0.2) is 4.79 Å². The molecule has 1 heterocycles. The van der Waals surface area contributed by atoms with Crippen LogP contribution < -0.4 is 5.32 Å². The summed E-state index contributed by atoms with van der Waals surface area (Å²) >= 11 is 0. The van der Waals surface area contributed by atoms with E-state index in [0.717, 1.165) is 15.9 Å². The largest absolute Gasteiger partial charge is 0.481 e. The molecule has 2 N–H and O–H groups in total. The topological polar surface area (TPSA) is 136 Å². The minimum absolute atomic E-state index is 0.00582.